The van der Waals surface area contributed by atoms with Crippen LogP contribution >= 0.6 is 0 Å². The van der Waals surface area contributed by atoms with Crippen molar-refractivity contribution in [2.75, 3.05) is 18.5 Å². The first-order valence-electron chi connectivity index (χ1n) is 6.31. The molecule has 0 spiro atoms. The van der Waals surface area contributed by atoms with Crippen molar-refractivity contribution in [3.8, 4) is 0 Å². The maximum atomic E-state index is 13.0. The maximum absolute atomic E-state index is 13.0. The molecule has 1 aliphatic rings. The Hall–Kier alpha value is -2.09. The van der Waals surface area contributed by atoms with Gasteiger partial charge in [0.05, 0.1) is 12.6 Å². The van der Waals surface area contributed by atoms with E-state index >= 15 is 0 Å². The quantitative estimate of drug-likeness (QED) is 0.640. The van der Waals surface area contributed by atoms with Crippen LogP contribution in [0.15, 0.2) is 12.1 Å². The highest BCUT2D eigenvalue weighted by Gasteiger charge is 2.21. The topological polar surface area (TPSA) is 67.4 Å². The fourth-order valence-electron chi connectivity index (χ4n) is 1.92. The van der Waals surface area contributed by atoms with Crippen LogP contribution in [0.25, 0.3) is 0 Å². The highest BCUT2D eigenvalue weighted by molar-refractivity contribution is 6.39. The summed E-state index contributed by atoms with van der Waals surface area (Å²) in [5.74, 6) is -6.59. The average Bonchev–Trinajstić information content (AvgIpc) is 2.45. The molecule has 0 bridgehead atoms. The van der Waals surface area contributed by atoms with E-state index in [-0.39, 0.29) is 11.7 Å². The van der Waals surface area contributed by atoms with Gasteiger partial charge in [-0.25, -0.2) is 13.2 Å². The fraction of sp³-hybridized carbons (Fsp3) is 0.385. The van der Waals surface area contributed by atoms with Crippen LogP contribution in [0.1, 0.15) is 12.8 Å². The predicted molar refractivity (Wildman–Crippen MR) is 66.9 cm³/mol. The molecule has 5 nitrogen and oxygen atoms in total. The Bertz CT molecular complexity index is 537. The van der Waals surface area contributed by atoms with Gasteiger partial charge in [0.25, 0.3) is 0 Å². The van der Waals surface area contributed by atoms with Crippen LogP contribution in [0.3, 0.4) is 0 Å². The van der Waals surface area contributed by atoms with Crippen molar-refractivity contribution < 1.29 is 27.5 Å². The monoisotopic (exact) mass is 302 g/mol. The third-order valence-corrected chi connectivity index (χ3v) is 2.94. The Morgan fingerprint density at radius 1 is 1.14 bits per heavy atom. The summed E-state index contributed by atoms with van der Waals surface area (Å²) in [5, 5.41) is 4.44. The molecule has 1 aromatic carbocycles. The summed E-state index contributed by atoms with van der Waals surface area (Å²) >= 11 is 0. The lowest BCUT2D eigenvalue weighted by Gasteiger charge is -2.22. The average molecular weight is 302 g/mol. The van der Waals surface area contributed by atoms with Gasteiger partial charge < -0.3 is 15.4 Å². The van der Waals surface area contributed by atoms with Gasteiger partial charge in [-0.1, -0.05) is 0 Å². The minimum atomic E-state index is -1.64. The molecule has 8 heteroatoms. The third kappa shape index (κ3) is 3.94. The highest BCUT2D eigenvalue weighted by Crippen LogP contribution is 2.17. The molecule has 1 aliphatic heterocycles. The fourth-order valence-corrected chi connectivity index (χ4v) is 1.92. The van der Waals surface area contributed by atoms with Crippen LogP contribution < -0.4 is 10.6 Å². The second kappa shape index (κ2) is 6.57. The van der Waals surface area contributed by atoms with Gasteiger partial charge in [-0.2, -0.15) is 0 Å². The summed E-state index contributed by atoms with van der Waals surface area (Å²) in [6.07, 6.45) is 1.44. The van der Waals surface area contributed by atoms with E-state index in [1.807, 2.05) is 5.32 Å². The summed E-state index contributed by atoms with van der Waals surface area (Å²) in [6, 6.07) is 0.902. The number of rotatable bonds is 2. The number of halogens is 3. The van der Waals surface area contributed by atoms with E-state index in [9.17, 15) is 22.8 Å². The van der Waals surface area contributed by atoms with Crippen molar-refractivity contribution in [3.05, 3.63) is 29.6 Å². The minimum absolute atomic E-state index is 0.279. The van der Waals surface area contributed by atoms with Gasteiger partial charge in [-0.15, -0.1) is 0 Å². The predicted octanol–water partition coefficient (Wildman–Crippen LogP) is 1.34. The molecule has 1 aromatic rings. The van der Waals surface area contributed by atoms with Crippen LogP contribution in [0.5, 0.6) is 0 Å². The number of hydrogen-bond donors (Lipinski definition) is 2. The molecule has 2 N–H and O–H groups in total. The van der Waals surface area contributed by atoms with Crippen LogP contribution in [0.2, 0.25) is 0 Å². The van der Waals surface area contributed by atoms with E-state index in [1.54, 1.807) is 0 Å². The number of anilines is 1. The van der Waals surface area contributed by atoms with E-state index in [2.05, 4.69) is 5.32 Å². The summed E-state index contributed by atoms with van der Waals surface area (Å²) < 4.78 is 43.9. The van der Waals surface area contributed by atoms with Gasteiger partial charge in [0, 0.05) is 24.4 Å². The van der Waals surface area contributed by atoms with Crippen molar-refractivity contribution in [1.29, 1.82) is 0 Å². The zero-order valence-electron chi connectivity index (χ0n) is 10.9. The maximum Gasteiger partial charge on any atom is 0.313 e. The standard InChI is InChI=1S/C13H13F3N2O3/c14-9-4-8(5-10(15)11(9)16)18-13(20)12(19)17-7-2-1-3-21-6-7/h4-5,7H,1-3,6H2,(H,17,19)(H,18,20)/t7-/m0/s1. The number of carbonyl (C=O) groups is 2. The van der Waals surface area contributed by atoms with Crippen molar-refractivity contribution in [3.63, 3.8) is 0 Å². The summed E-state index contributed by atoms with van der Waals surface area (Å²) in [6.45, 7) is 0.908. The van der Waals surface area contributed by atoms with E-state index in [0.717, 1.165) is 6.42 Å². The van der Waals surface area contributed by atoms with E-state index in [4.69, 9.17) is 4.74 Å². The molecule has 1 heterocycles. The van der Waals surface area contributed by atoms with Gasteiger partial charge in [-0.3, -0.25) is 9.59 Å². The Morgan fingerprint density at radius 2 is 1.81 bits per heavy atom. The van der Waals surface area contributed by atoms with Crippen LogP contribution in [-0.2, 0) is 14.3 Å². The molecule has 2 amide bonds. The van der Waals surface area contributed by atoms with E-state index < -0.39 is 29.3 Å². The number of hydrogen-bond acceptors (Lipinski definition) is 3. The zero-order chi connectivity index (χ0) is 15.4. The van der Waals surface area contributed by atoms with Crippen LogP contribution in [0.4, 0.5) is 18.9 Å². The molecule has 0 unspecified atom stereocenters. The Kier molecular flexibility index (Phi) is 4.79. The Labute approximate surface area is 118 Å². The summed E-state index contributed by atoms with van der Waals surface area (Å²) in [5.41, 5.74) is -0.341. The van der Waals surface area contributed by atoms with Crippen LogP contribution in [0, 0.1) is 17.5 Å². The Morgan fingerprint density at radius 3 is 2.38 bits per heavy atom. The van der Waals surface area contributed by atoms with Crippen molar-refractivity contribution >= 4 is 17.5 Å². The lowest BCUT2D eigenvalue weighted by atomic mass is 10.1. The number of ether oxygens (including phenoxy) is 1. The number of nitrogens with one attached hydrogen (secondary N) is 2. The molecule has 0 saturated carbocycles. The van der Waals surface area contributed by atoms with Gasteiger partial charge in [-0.05, 0) is 12.8 Å². The minimum Gasteiger partial charge on any atom is -0.379 e. The molecule has 0 aliphatic carbocycles. The third-order valence-electron chi connectivity index (χ3n) is 2.94. The van der Waals surface area contributed by atoms with Crippen molar-refractivity contribution in [2.24, 2.45) is 0 Å². The zero-order valence-corrected chi connectivity index (χ0v) is 10.9. The molecule has 21 heavy (non-hydrogen) atoms. The molecule has 1 fully saturated rings. The van der Waals surface area contributed by atoms with Gasteiger partial charge in [0.1, 0.15) is 0 Å². The SMILES string of the molecule is O=C(Nc1cc(F)c(F)c(F)c1)C(=O)N[C@H]1CCCOC1. The van der Waals surface area contributed by atoms with E-state index in [1.165, 1.54) is 0 Å². The first-order chi connectivity index (χ1) is 9.97. The normalized spacial score (nSPS) is 18.1. The second-order valence-corrected chi connectivity index (χ2v) is 4.60. The van der Waals surface area contributed by atoms with Crippen molar-refractivity contribution in [1.82, 2.24) is 5.32 Å². The largest absolute Gasteiger partial charge is 0.379 e. The Balaban J connectivity index is 1.95. The smallest absolute Gasteiger partial charge is 0.313 e. The molecule has 1 saturated heterocycles. The number of carbonyl (C=O) groups excluding carboxylic acids is 2. The first kappa shape index (κ1) is 15.3. The van der Waals surface area contributed by atoms with Gasteiger partial charge >= 0.3 is 11.8 Å². The van der Waals surface area contributed by atoms with E-state index in [0.29, 0.717) is 31.8 Å². The molecule has 1 atom stereocenters. The lowest BCUT2D eigenvalue weighted by molar-refractivity contribution is -0.137. The molecule has 0 aromatic heterocycles. The van der Waals surface area contributed by atoms with Gasteiger partial charge in [0.15, 0.2) is 17.5 Å². The van der Waals surface area contributed by atoms with Crippen LogP contribution in [-0.4, -0.2) is 31.1 Å². The highest BCUT2D eigenvalue weighted by atomic mass is 19.2. The molecule has 0 radical (unpaired) electrons. The number of benzene rings is 1. The molecule has 2 rings (SSSR count). The molecular weight excluding hydrogens is 289 g/mol. The summed E-state index contributed by atoms with van der Waals surface area (Å²) in [7, 11) is 0. The molecule has 114 valence electrons. The number of amides is 2. The van der Waals surface area contributed by atoms with Crippen molar-refractivity contribution in [2.45, 2.75) is 18.9 Å². The second-order valence-electron chi connectivity index (χ2n) is 4.60. The summed E-state index contributed by atoms with van der Waals surface area (Å²) in [4.78, 5) is 23.2. The first-order valence-corrected chi connectivity index (χ1v) is 6.31. The lowest BCUT2D eigenvalue weighted by Crippen LogP contribution is -2.45. The molecular formula is C13H13F3N2O3. The van der Waals surface area contributed by atoms with Gasteiger partial charge in [0.2, 0.25) is 0 Å².